The van der Waals surface area contributed by atoms with Gasteiger partial charge in [0, 0.05) is 6.07 Å². The van der Waals surface area contributed by atoms with Crippen LogP contribution in [0, 0.1) is 11.6 Å². The van der Waals surface area contributed by atoms with Crippen molar-refractivity contribution in [2.24, 2.45) is 0 Å². The number of ketones is 1. The molecule has 0 heterocycles. The maximum Gasteiger partial charge on any atom is 0.379 e. The summed E-state index contributed by atoms with van der Waals surface area (Å²) in [4.78, 5) is 22.7. The Kier molecular flexibility index (Phi) is 4.77. The Labute approximate surface area is 110 Å². The normalized spacial score (nSPS) is 10.1. The molecule has 0 aliphatic carbocycles. The van der Waals surface area contributed by atoms with Gasteiger partial charge in [-0.1, -0.05) is 0 Å². The minimum absolute atomic E-state index is 0.0643. The maximum atomic E-state index is 13.8. The third kappa shape index (κ3) is 2.66. The number of methoxy groups -OCH3 is 1. The lowest BCUT2D eigenvalue weighted by Gasteiger charge is -2.09. The monoisotopic (exact) mass is 322 g/mol. The summed E-state index contributed by atoms with van der Waals surface area (Å²) in [7, 11) is 1.21. The smallest absolute Gasteiger partial charge is 0.379 e. The van der Waals surface area contributed by atoms with Crippen molar-refractivity contribution in [1.29, 1.82) is 0 Å². The summed E-state index contributed by atoms with van der Waals surface area (Å²) in [6.45, 7) is 1.41. The second-order valence-electron chi connectivity index (χ2n) is 3.11. The minimum atomic E-state index is -1.38. The molecule has 0 spiro atoms. The molecule has 0 aromatic heterocycles. The third-order valence-corrected chi connectivity index (χ3v) is 2.77. The number of benzene rings is 1. The lowest BCUT2D eigenvalue weighted by Crippen LogP contribution is -2.20. The molecule has 0 atom stereocenters. The number of ether oxygens (including phenoxy) is 2. The van der Waals surface area contributed by atoms with E-state index in [2.05, 4.69) is 20.7 Å². The van der Waals surface area contributed by atoms with Gasteiger partial charge in [-0.2, -0.15) is 0 Å². The zero-order valence-electron chi connectivity index (χ0n) is 9.55. The summed E-state index contributed by atoms with van der Waals surface area (Å²) in [5, 5.41) is 0. The SMILES string of the molecule is CCOC(=O)C(=O)c1c(F)cc(OC)c(Br)c1F. The highest BCUT2D eigenvalue weighted by Crippen LogP contribution is 2.32. The average molecular weight is 323 g/mol. The molecule has 4 nitrogen and oxygen atoms in total. The Morgan fingerprint density at radius 1 is 1.39 bits per heavy atom. The van der Waals surface area contributed by atoms with Crippen LogP contribution in [0.1, 0.15) is 17.3 Å². The van der Waals surface area contributed by atoms with Crippen LogP contribution >= 0.6 is 15.9 Å². The van der Waals surface area contributed by atoms with Gasteiger partial charge >= 0.3 is 5.97 Å². The molecule has 0 saturated heterocycles. The number of esters is 1. The number of rotatable bonds is 4. The highest BCUT2D eigenvalue weighted by atomic mass is 79.9. The number of hydrogen-bond acceptors (Lipinski definition) is 4. The fourth-order valence-corrected chi connectivity index (χ4v) is 1.70. The van der Waals surface area contributed by atoms with Gasteiger partial charge in [0.1, 0.15) is 17.1 Å². The van der Waals surface area contributed by atoms with Crippen LogP contribution in [-0.4, -0.2) is 25.5 Å². The van der Waals surface area contributed by atoms with Gasteiger partial charge < -0.3 is 9.47 Å². The van der Waals surface area contributed by atoms with Crippen LogP contribution in [0.25, 0.3) is 0 Å². The van der Waals surface area contributed by atoms with E-state index in [1.807, 2.05) is 0 Å². The summed E-state index contributed by atoms with van der Waals surface area (Å²) in [6, 6.07) is 0.805. The van der Waals surface area contributed by atoms with E-state index in [4.69, 9.17) is 4.74 Å². The lowest BCUT2D eigenvalue weighted by molar-refractivity contribution is -0.137. The van der Waals surface area contributed by atoms with Gasteiger partial charge in [-0.05, 0) is 22.9 Å². The molecule has 1 aromatic rings. The number of hydrogen-bond donors (Lipinski definition) is 0. The second kappa shape index (κ2) is 5.90. The predicted molar refractivity (Wildman–Crippen MR) is 61.6 cm³/mol. The molecular weight excluding hydrogens is 314 g/mol. The quantitative estimate of drug-likeness (QED) is 0.370. The topological polar surface area (TPSA) is 52.6 Å². The molecule has 0 N–H and O–H groups in total. The highest BCUT2D eigenvalue weighted by Gasteiger charge is 2.28. The molecule has 0 bridgehead atoms. The van der Waals surface area contributed by atoms with E-state index in [-0.39, 0.29) is 16.8 Å². The molecule has 18 heavy (non-hydrogen) atoms. The van der Waals surface area contributed by atoms with Crippen molar-refractivity contribution >= 4 is 27.7 Å². The minimum Gasteiger partial charge on any atom is -0.495 e. The van der Waals surface area contributed by atoms with Crippen LogP contribution in [0.4, 0.5) is 8.78 Å². The molecule has 0 unspecified atom stereocenters. The Morgan fingerprint density at radius 2 is 2.00 bits per heavy atom. The summed E-state index contributed by atoms with van der Waals surface area (Å²) in [5.74, 6) is -5.21. The van der Waals surface area contributed by atoms with Gasteiger partial charge in [-0.25, -0.2) is 13.6 Å². The van der Waals surface area contributed by atoms with E-state index >= 15 is 0 Å². The Bertz CT molecular complexity index is 502. The van der Waals surface area contributed by atoms with Crippen LogP contribution in [-0.2, 0) is 9.53 Å². The molecule has 0 amide bonds. The Morgan fingerprint density at radius 3 is 2.50 bits per heavy atom. The maximum absolute atomic E-state index is 13.8. The Hall–Kier alpha value is -1.50. The van der Waals surface area contributed by atoms with E-state index in [1.54, 1.807) is 0 Å². The molecule has 7 heteroatoms. The number of Topliss-reactive ketones (excluding diaryl/α,β-unsaturated/α-hetero) is 1. The van der Waals surface area contributed by atoms with E-state index < -0.39 is 29.0 Å². The van der Waals surface area contributed by atoms with Crippen molar-refractivity contribution in [2.45, 2.75) is 6.92 Å². The zero-order chi connectivity index (χ0) is 13.9. The van der Waals surface area contributed by atoms with Crippen LogP contribution in [0.2, 0.25) is 0 Å². The van der Waals surface area contributed by atoms with Gasteiger partial charge in [0.2, 0.25) is 0 Å². The molecule has 0 radical (unpaired) electrons. The van der Waals surface area contributed by atoms with Crippen LogP contribution in [0.15, 0.2) is 10.5 Å². The van der Waals surface area contributed by atoms with Crippen molar-refractivity contribution in [3.8, 4) is 5.75 Å². The van der Waals surface area contributed by atoms with Gasteiger partial charge in [0.25, 0.3) is 5.78 Å². The summed E-state index contributed by atoms with van der Waals surface area (Å²) in [6.07, 6.45) is 0. The molecule has 0 saturated carbocycles. The molecule has 1 aromatic carbocycles. The highest BCUT2D eigenvalue weighted by molar-refractivity contribution is 9.10. The molecule has 0 aliphatic heterocycles. The van der Waals surface area contributed by atoms with Crippen molar-refractivity contribution in [1.82, 2.24) is 0 Å². The van der Waals surface area contributed by atoms with Crippen LogP contribution < -0.4 is 4.74 Å². The number of carbonyl (C=O) groups is 2. The van der Waals surface area contributed by atoms with E-state index in [0.717, 1.165) is 6.07 Å². The summed E-state index contributed by atoms with van der Waals surface area (Å²) in [5.41, 5.74) is -0.971. The molecule has 0 aliphatic rings. The second-order valence-corrected chi connectivity index (χ2v) is 3.91. The van der Waals surface area contributed by atoms with Crippen molar-refractivity contribution in [2.75, 3.05) is 13.7 Å². The van der Waals surface area contributed by atoms with E-state index in [9.17, 15) is 18.4 Å². The number of carbonyl (C=O) groups excluding carboxylic acids is 2. The molecule has 98 valence electrons. The van der Waals surface area contributed by atoms with Crippen LogP contribution in [0.3, 0.4) is 0 Å². The summed E-state index contributed by atoms with van der Waals surface area (Å²) < 4.78 is 36.2. The predicted octanol–water partition coefficient (Wildman–Crippen LogP) is 2.48. The third-order valence-electron chi connectivity index (χ3n) is 2.03. The zero-order valence-corrected chi connectivity index (χ0v) is 11.1. The van der Waals surface area contributed by atoms with Crippen molar-refractivity contribution < 1.29 is 27.8 Å². The first kappa shape index (κ1) is 14.6. The summed E-state index contributed by atoms with van der Waals surface area (Å²) >= 11 is 2.81. The molecular formula is C11H9BrF2O4. The first-order valence-electron chi connectivity index (χ1n) is 4.86. The standard InChI is InChI=1S/C11H9BrF2O4/c1-3-18-11(16)10(15)7-5(13)4-6(17-2)8(12)9(7)14/h4H,3H2,1-2H3. The fourth-order valence-electron chi connectivity index (χ4n) is 1.23. The van der Waals surface area contributed by atoms with Crippen molar-refractivity contribution in [3.05, 3.63) is 27.7 Å². The molecule has 0 fully saturated rings. The van der Waals surface area contributed by atoms with Gasteiger partial charge in [0.05, 0.1) is 18.2 Å². The fraction of sp³-hybridized carbons (Fsp3) is 0.273. The van der Waals surface area contributed by atoms with Gasteiger partial charge in [-0.3, -0.25) is 4.79 Å². The number of halogens is 3. The molecule has 1 rings (SSSR count). The average Bonchev–Trinajstić information content (AvgIpc) is 2.34. The van der Waals surface area contributed by atoms with Crippen LogP contribution in [0.5, 0.6) is 5.75 Å². The van der Waals surface area contributed by atoms with E-state index in [0.29, 0.717) is 0 Å². The van der Waals surface area contributed by atoms with Gasteiger partial charge in [0.15, 0.2) is 5.82 Å². The van der Waals surface area contributed by atoms with Gasteiger partial charge in [-0.15, -0.1) is 0 Å². The van der Waals surface area contributed by atoms with Crippen molar-refractivity contribution in [3.63, 3.8) is 0 Å². The Balaban J connectivity index is 3.30. The lowest BCUT2D eigenvalue weighted by atomic mass is 10.1. The first-order chi connectivity index (χ1) is 8.43. The van der Waals surface area contributed by atoms with E-state index in [1.165, 1.54) is 14.0 Å². The first-order valence-corrected chi connectivity index (χ1v) is 5.66. The largest absolute Gasteiger partial charge is 0.495 e.